The van der Waals surface area contributed by atoms with E-state index in [1.54, 1.807) is 0 Å². The number of amides is 1. The summed E-state index contributed by atoms with van der Waals surface area (Å²) in [7, 11) is 0. The molecule has 0 atom stereocenters. The summed E-state index contributed by atoms with van der Waals surface area (Å²) in [6, 6.07) is 0. The third-order valence-corrected chi connectivity index (χ3v) is 2.81. The average Bonchev–Trinajstić information content (AvgIpc) is 2.34. The van der Waals surface area contributed by atoms with Gasteiger partial charge in [0.1, 0.15) is 0 Å². The zero-order valence-corrected chi connectivity index (χ0v) is 14.3. The van der Waals surface area contributed by atoms with Crippen LogP contribution >= 0.6 is 0 Å². The van der Waals surface area contributed by atoms with Crippen LogP contribution in [0.2, 0.25) is 0 Å². The minimum absolute atomic E-state index is 0. The number of carboxylic acids is 1. The second-order valence-electron chi connectivity index (χ2n) is 4.55. The Kier molecular flexibility index (Phi) is 17.6. The predicted octanol–water partition coefficient (Wildman–Crippen LogP) is -0.741. The van der Waals surface area contributed by atoms with E-state index in [0.717, 1.165) is 19.3 Å². The molecule has 0 rings (SSSR count). The minimum atomic E-state index is -1.42. The third kappa shape index (κ3) is 17.8. The molecule has 4 nitrogen and oxygen atoms in total. The molecule has 0 aliphatic heterocycles. The Morgan fingerprint density at radius 2 is 1.42 bits per heavy atom. The van der Waals surface area contributed by atoms with E-state index in [0.29, 0.717) is 12.6 Å². The number of hydrogen-bond acceptors (Lipinski definition) is 3. The average molecular weight is 277 g/mol. The maximum absolute atomic E-state index is 11.1. The number of carboxylic acid groups (broad SMARTS) is 1. The first kappa shape index (κ1) is 21.1. The number of unbranched alkanes of at least 4 members (excludes halogenated alkanes) is 8. The van der Waals surface area contributed by atoms with Gasteiger partial charge < -0.3 is 9.90 Å². The van der Waals surface area contributed by atoms with Crippen molar-refractivity contribution in [1.29, 1.82) is 0 Å². The SMILES string of the molecule is CCCCCCCCCCCC(=O)N=CC(=O)[O-].[Na+]. The van der Waals surface area contributed by atoms with Crippen LogP contribution in [0, 0.1) is 0 Å². The largest absolute Gasteiger partial charge is 1.00 e. The van der Waals surface area contributed by atoms with Crippen LogP contribution in [0.15, 0.2) is 4.99 Å². The van der Waals surface area contributed by atoms with E-state index < -0.39 is 5.97 Å². The van der Waals surface area contributed by atoms with Crippen molar-refractivity contribution in [3.63, 3.8) is 0 Å². The number of aliphatic carboxylic acids is 1. The number of rotatable bonds is 11. The Bertz CT molecular complexity index is 267. The zero-order chi connectivity index (χ0) is 13.6. The monoisotopic (exact) mass is 277 g/mol. The van der Waals surface area contributed by atoms with Gasteiger partial charge in [-0.25, -0.2) is 4.99 Å². The van der Waals surface area contributed by atoms with E-state index >= 15 is 0 Å². The fraction of sp³-hybridized carbons (Fsp3) is 0.786. The van der Waals surface area contributed by atoms with Crippen LogP contribution in [0.3, 0.4) is 0 Å². The van der Waals surface area contributed by atoms with Crippen molar-refractivity contribution in [2.75, 3.05) is 0 Å². The molecule has 0 saturated carbocycles. The molecule has 5 heteroatoms. The van der Waals surface area contributed by atoms with Crippen LogP contribution in [0.5, 0.6) is 0 Å². The molecule has 0 bridgehead atoms. The van der Waals surface area contributed by atoms with Crippen LogP contribution < -0.4 is 34.7 Å². The van der Waals surface area contributed by atoms with E-state index in [1.165, 1.54) is 38.5 Å². The molecule has 0 unspecified atom stereocenters. The second-order valence-corrected chi connectivity index (χ2v) is 4.55. The number of aliphatic imine (C=N–C) groups is 1. The summed E-state index contributed by atoms with van der Waals surface area (Å²) >= 11 is 0. The Morgan fingerprint density at radius 3 is 1.89 bits per heavy atom. The van der Waals surface area contributed by atoms with Gasteiger partial charge in [0.15, 0.2) is 0 Å². The molecule has 104 valence electrons. The maximum atomic E-state index is 11.1. The van der Waals surface area contributed by atoms with E-state index in [2.05, 4.69) is 11.9 Å². The van der Waals surface area contributed by atoms with Crippen molar-refractivity contribution in [1.82, 2.24) is 0 Å². The van der Waals surface area contributed by atoms with Crippen LogP contribution in [-0.2, 0) is 9.59 Å². The van der Waals surface area contributed by atoms with Gasteiger partial charge in [-0.15, -0.1) is 0 Å². The van der Waals surface area contributed by atoms with Crippen LogP contribution in [-0.4, -0.2) is 18.1 Å². The Morgan fingerprint density at radius 1 is 0.947 bits per heavy atom. The molecule has 0 aliphatic rings. The summed E-state index contributed by atoms with van der Waals surface area (Å²) in [5, 5.41) is 10.0. The van der Waals surface area contributed by atoms with Gasteiger partial charge in [-0.05, 0) is 6.42 Å². The van der Waals surface area contributed by atoms with E-state index in [9.17, 15) is 14.7 Å². The van der Waals surface area contributed by atoms with Gasteiger partial charge in [0.2, 0.25) is 5.91 Å². The molecule has 0 heterocycles. The summed E-state index contributed by atoms with van der Waals surface area (Å²) in [5.74, 6) is -1.79. The number of carbonyl (C=O) groups is 2. The van der Waals surface area contributed by atoms with Crippen molar-refractivity contribution in [2.24, 2.45) is 4.99 Å². The van der Waals surface area contributed by atoms with Crippen LogP contribution in [0.25, 0.3) is 0 Å². The van der Waals surface area contributed by atoms with Crippen LogP contribution in [0.4, 0.5) is 0 Å². The summed E-state index contributed by atoms with van der Waals surface area (Å²) in [4.78, 5) is 24.3. The molecule has 0 radical (unpaired) electrons. The van der Waals surface area contributed by atoms with Crippen LogP contribution in [0.1, 0.15) is 71.1 Å². The molecule has 0 aromatic rings. The fourth-order valence-electron chi connectivity index (χ4n) is 1.78. The fourth-order valence-corrected chi connectivity index (χ4v) is 1.78. The van der Waals surface area contributed by atoms with Gasteiger partial charge in [0, 0.05) is 6.42 Å². The quantitative estimate of drug-likeness (QED) is 0.284. The standard InChI is InChI=1S/C14H25NO3.Na/c1-2-3-4-5-6-7-8-9-10-11-13(16)15-12-14(17)18;/h12H,2-11H2,1H3,(H,17,18);/q;+1/p-1. The summed E-state index contributed by atoms with van der Waals surface area (Å²) in [5.41, 5.74) is 0. The smallest absolute Gasteiger partial charge is 0.544 e. The van der Waals surface area contributed by atoms with Crippen molar-refractivity contribution in [3.8, 4) is 0 Å². The Balaban J connectivity index is 0. The maximum Gasteiger partial charge on any atom is 1.00 e. The van der Waals surface area contributed by atoms with Gasteiger partial charge in [-0.1, -0.05) is 58.3 Å². The minimum Gasteiger partial charge on any atom is -0.544 e. The molecule has 0 N–H and O–H groups in total. The molecule has 19 heavy (non-hydrogen) atoms. The van der Waals surface area contributed by atoms with Gasteiger partial charge in [-0.2, -0.15) is 0 Å². The van der Waals surface area contributed by atoms with E-state index in [-0.39, 0.29) is 35.5 Å². The normalized spacial score (nSPS) is 10.4. The molecule has 0 aliphatic carbocycles. The van der Waals surface area contributed by atoms with Gasteiger partial charge in [0.05, 0.1) is 12.2 Å². The first-order valence-corrected chi connectivity index (χ1v) is 6.94. The van der Waals surface area contributed by atoms with Gasteiger partial charge in [0.25, 0.3) is 0 Å². The van der Waals surface area contributed by atoms with Gasteiger partial charge >= 0.3 is 29.6 Å². The van der Waals surface area contributed by atoms with Crippen molar-refractivity contribution >= 4 is 18.1 Å². The summed E-state index contributed by atoms with van der Waals surface area (Å²) in [6.45, 7) is 2.21. The topological polar surface area (TPSA) is 69.6 Å². The first-order chi connectivity index (χ1) is 8.66. The molecule has 0 spiro atoms. The Labute approximate surface area is 138 Å². The number of carbonyl (C=O) groups excluding carboxylic acids is 2. The Hall–Kier alpha value is -0.190. The first-order valence-electron chi connectivity index (χ1n) is 6.94. The number of hydrogen-bond donors (Lipinski definition) is 0. The molecular formula is C14H24NNaO3. The van der Waals surface area contributed by atoms with Crippen molar-refractivity contribution in [3.05, 3.63) is 0 Å². The number of nitrogens with zero attached hydrogens (tertiary/aromatic N) is 1. The molecule has 0 fully saturated rings. The molecule has 1 amide bonds. The zero-order valence-electron chi connectivity index (χ0n) is 12.3. The molecule has 0 aromatic heterocycles. The third-order valence-electron chi connectivity index (χ3n) is 2.81. The second kappa shape index (κ2) is 15.9. The molecule has 0 aromatic carbocycles. The summed E-state index contributed by atoms with van der Waals surface area (Å²) < 4.78 is 0. The van der Waals surface area contributed by atoms with E-state index in [4.69, 9.17) is 0 Å². The van der Waals surface area contributed by atoms with Crippen molar-refractivity contribution < 1.29 is 44.3 Å². The van der Waals surface area contributed by atoms with E-state index in [1.807, 2.05) is 0 Å². The summed E-state index contributed by atoms with van der Waals surface area (Å²) in [6.07, 6.45) is 11.6. The van der Waals surface area contributed by atoms with Gasteiger partial charge in [-0.3, -0.25) is 4.79 Å². The predicted molar refractivity (Wildman–Crippen MR) is 70.4 cm³/mol. The van der Waals surface area contributed by atoms with Crippen molar-refractivity contribution in [2.45, 2.75) is 71.1 Å². The molecule has 0 saturated heterocycles. The molecular weight excluding hydrogens is 253 g/mol.